The van der Waals surface area contributed by atoms with Crippen LogP contribution < -0.4 is 5.32 Å². The lowest BCUT2D eigenvalue weighted by atomic mass is 10.1. The Hall–Kier alpha value is -1.25. The smallest absolute Gasteiger partial charge is 0.0216 e. The number of rotatable bonds is 6. The Kier molecular flexibility index (Phi) is 5.89. The Morgan fingerprint density at radius 3 is 2.48 bits per heavy atom. The van der Waals surface area contributed by atoms with Crippen molar-refractivity contribution in [1.29, 1.82) is 0 Å². The maximum absolute atomic E-state index is 3.55. The van der Waals surface area contributed by atoms with Crippen LogP contribution in [0.5, 0.6) is 0 Å². The van der Waals surface area contributed by atoms with Gasteiger partial charge in [-0.2, -0.15) is 0 Å². The molecule has 21 heavy (non-hydrogen) atoms. The van der Waals surface area contributed by atoms with Gasteiger partial charge in [0.1, 0.15) is 0 Å². The van der Waals surface area contributed by atoms with Gasteiger partial charge < -0.3 is 5.32 Å². The van der Waals surface area contributed by atoms with Crippen LogP contribution in [0.2, 0.25) is 0 Å². The van der Waals surface area contributed by atoms with Crippen molar-refractivity contribution in [1.82, 2.24) is 5.32 Å². The molecule has 0 aromatic heterocycles. The minimum absolute atomic E-state index is 0.683. The highest BCUT2D eigenvalue weighted by Crippen LogP contribution is 2.31. The zero-order valence-corrected chi connectivity index (χ0v) is 14.3. The molecule has 0 spiro atoms. The molecule has 0 aliphatic rings. The van der Waals surface area contributed by atoms with E-state index in [1.54, 1.807) is 0 Å². The quantitative estimate of drug-likeness (QED) is 0.786. The molecular formula is C19H25NS. The van der Waals surface area contributed by atoms with Gasteiger partial charge in [-0.15, -0.1) is 0 Å². The van der Waals surface area contributed by atoms with E-state index in [9.17, 15) is 0 Å². The molecule has 0 fully saturated rings. The second-order valence-corrected chi connectivity index (χ2v) is 7.17. The molecule has 1 N–H and O–H groups in total. The molecule has 2 rings (SSSR count). The van der Waals surface area contributed by atoms with Crippen molar-refractivity contribution in [2.24, 2.45) is 5.92 Å². The van der Waals surface area contributed by atoms with Gasteiger partial charge >= 0.3 is 0 Å². The fourth-order valence-corrected chi connectivity index (χ4v) is 3.29. The highest BCUT2D eigenvalue weighted by Gasteiger charge is 2.06. The second-order valence-electron chi connectivity index (χ2n) is 6.05. The summed E-state index contributed by atoms with van der Waals surface area (Å²) in [7, 11) is 0. The molecule has 0 radical (unpaired) electrons. The van der Waals surface area contributed by atoms with Gasteiger partial charge in [-0.1, -0.05) is 61.0 Å². The second kappa shape index (κ2) is 7.67. The van der Waals surface area contributed by atoms with E-state index in [0.29, 0.717) is 5.92 Å². The molecule has 0 bridgehead atoms. The molecule has 1 nitrogen and oxygen atoms in total. The Balaban J connectivity index is 2.14. The van der Waals surface area contributed by atoms with E-state index in [1.165, 1.54) is 26.5 Å². The standard InChI is InChI=1S/C19H25NS/c1-14(2)12-20-13-17-10-16(4)8-9-19(17)21-18-7-5-6-15(3)11-18/h5-11,14,20H,12-13H2,1-4H3. The Bertz CT molecular complexity index is 590. The average Bonchev–Trinajstić information content (AvgIpc) is 2.41. The van der Waals surface area contributed by atoms with E-state index in [1.807, 2.05) is 11.8 Å². The Morgan fingerprint density at radius 2 is 1.76 bits per heavy atom. The van der Waals surface area contributed by atoms with Crippen LogP contribution in [0, 0.1) is 19.8 Å². The third-order valence-electron chi connectivity index (χ3n) is 3.30. The predicted octanol–water partition coefficient (Wildman–Crippen LogP) is 5.20. The SMILES string of the molecule is Cc1cccc(Sc2ccc(C)cc2CNCC(C)C)c1. The van der Waals surface area contributed by atoms with Crippen LogP contribution in [-0.2, 0) is 6.54 Å². The number of hydrogen-bond acceptors (Lipinski definition) is 2. The summed E-state index contributed by atoms with van der Waals surface area (Å²) >= 11 is 1.86. The first-order valence-corrected chi connectivity index (χ1v) is 8.41. The minimum Gasteiger partial charge on any atom is -0.312 e. The summed E-state index contributed by atoms with van der Waals surface area (Å²) in [6.07, 6.45) is 0. The van der Waals surface area contributed by atoms with E-state index in [0.717, 1.165) is 13.1 Å². The number of nitrogens with one attached hydrogen (secondary N) is 1. The van der Waals surface area contributed by atoms with Gasteiger partial charge in [0.15, 0.2) is 0 Å². The summed E-state index contributed by atoms with van der Waals surface area (Å²) in [5.74, 6) is 0.683. The maximum atomic E-state index is 3.55. The molecule has 0 saturated carbocycles. The largest absolute Gasteiger partial charge is 0.312 e. The highest BCUT2D eigenvalue weighted by molar-refractivity contribution is 7.99. The zero-order valence-electron chi connectivity index (χ0n) is 13.4. The first-order chi connectivity index (χ1) is 10.0. The van der Waals surface area contributed by atoms with E-state index in [2.05, 4.69) is 75.5 Å². The number of hydrogen-bond donors (Lipinski definition) is 1. The lowest BCUT2D eigenvalue weighted by Crippen LogP contribution is -2.19. The predicted molar refractivity (Wildman–Crippen MR) is 93.0 cm³/mol. The monoisotopic (exact) mass is 299 g/mol. The molecule has 0 heterocycles. The topological polar surface area (TPSA) is 12.0 Å². The van der Waals surface area contributed by atoms with Gasteiger partial charge in [0.05, 0.1) is 0 Å². The summed E-state index contributed by atoms with van der Waals surface area (Å²) in [5, 5.41) is 3.55. The molecule has 112 valence electrons. The molecule has 0 aliphatic carbocycles. The summed E-state index contributed by atoms with van der Waals surface area (Å²) in [6, 6.07) is 15.4. The number of benzene rings is 2. The molecule has 2 aromatic carbocycles. The van der Waals surface area contributed by atoms with E-state index in [-0.39, 0.29) is 0 Å². The van der Waals surface area contributed by atoms with Crippen LogP contribution in [0.4, 0.5) is 0 Å². The van der Waals surface area contributed by atoms with Crippen molar-refractivity contribution < 1.29 is 0 Å². The van der Waals surface area contributed by atoms with Crippen molar-refractivity contribution in [2.75, 3.05) is 6.54 Å². The first-order valence-electron chi connectivity index (χ1n) is 7.59. The van der Waals surface area contributed by atoms with E-state index in [4.69, 9.17) is 0 Å². The lowest BCUT2D eigenvalue weighted by molar-refractivity contribution is 0.550. The van der Waals surface area contributed by atoms with Gasteiger partial charge in [0, 0.05) is 16.3 Å². The Labute approximate surface area is 133 Å². The van der Waals surface area contributed by atoms with Gasteiger partial charge in [-0.25, -0.2) is 0 Å². The van der Waals surface area contributed by atoms with Gasteiger partial charge in [-0.3, -0.25) is 0 Å². The normalized spacial score (nSPS) is 11.1. The van der Waals surface area contributed by atoms with Crippen LogP contribution in [0.25, 0.3) is 0 Å². The van der Waals surface area contributed by atoms with E-state index < -0.39 is 0 Å². The van der Waals surface area contributed by atoms with Gasteiger partial charge in [-0.05, 0) is 50.1 Å². The van der Waals surface area contributed by atoms with Crippen LogP contribution in [-0.4, -0.2) is 6.54 Å². The van der Waals surface area contributed by atoms with Crippen LogP contribution in [0.15, 0.2) is 52.3 Å². The first kappa shape index (κ1) is 16.1. The van der Waals surface area contributed by atoms with Crippen LogP contribution in [0.3, 0.4) is 0 Å². The summed E-state index contributed by atoms with van der Waals surface area (Å²) in [5.41, 5.74) is 4.03. The highest BCUT2D eigenvalue weighted by atomic mass is 32.2. The van der Waals surface area contributed by atoms with Crippen molar-refractivity contribution in [3.8, 4) is 0 Å². The molecular weight excluding hydrogens is 274 g/mol. The molecule has 0 unspecified atom stereocenters. The molecule has 2 heteroatoms. The summed E-state index contributed by atoms with van der Waals surface area (Å²) < 4.78 is 0. The molecule has 0 aliphatic heterocycles. The lowest BCUT2D eigenvalue weighted by Gasteiger charge is -2.13. The maximum Gasteiger partial charge on any atom is 0.0216 e. The van der Waals surface area contributed by atoms with Crippen LogP contribution >= 0.6 is 11.8 Å². The fraction of sp³-hybridized carbons (Fsp3) is 0.368. The third kappa shape index (κ3) is 5.22. The van der Waals surface area contributed by atoms with Crippen molar-refractivity contribution in [3.63, 3.8) is 0 Å². The van der Waals surface area contributed by atoms with E-state index >= 15 is 0 Å². The van der Waals surface area contributed by atoms with Crippen LogP contribution in [0.1, 0.15) is 30.5 Å². The zero-order chi connectivity index (χ0) is 15.2. The Morgan fingerprint density at radius 1 is 1.00 bits per heavy atom. The average molecular weight is 299 g/mol. The van der Waals surface area contributed by atoms with Gasteiger partial charge in [0.2, 0.25) is 0 Å². The number of aryl methyl sites for hydroxylation is 2. The van der Waals surface area contributed by atoms with Crippen molar-refractivity contribution >= 4 is 11.8 Å². The summed E-state index contributed by atoms with van der Waals surface area (Å²) in [6.45, 7) is 10.8. The van der Waals surface area contributed by atoms with Crippen molar-refractivity contribution in [2.45, 2.75) is 44.0 Å². The molecule has 0 amide bonds. The minimum atomic E-state index is 0.683. The van der Waals surface area contributed by atoms with Gasteiger partial charge in [0.25, 0.3) is 0 Å². The molecule has 0 atom stereocenters. The summed E-state index contributed by atoms with van der Waals surface area (Å²) in [4.78, 5) is 2.66. The third-order valence-corrected chi connectivity index (χ3v) is 4.41. The fourth-order valence-electron chi connectivity index (χ4n) is 2.25. The molecule has 0 saturated heterocycles. The molecule has 2 aromatic rings. The van der Waals surface area contributed by atoms with Crippen molar-refractivity contribution in [3.05, 3.63) is 59.2 Å².